The van der Waals surface area contributed by atoms with Crippen LogP contribution < -0.4 is 10.2 Å². The van der Waals surface area contributed by atoms with E-state index in [1.807, 2.05) is 37.1 Å². The molecule has 0 spiro atoms. The van der Waals surface area contributed by atoms with Gasteiger partial charge >= 0.3 is 6.18 Å². The Morgan fingerprint density at radius 3 is 2.52 bits per heavy atom. The molecule has 0 aliphatic heterocycles. The average Bonchev–Trinajstić information content (AvgIpc) is 2.67. The second kappa shape index (κ2) is 8.44. The summed E-state index contributed by atoms with van der Waals surface area (Å²) in [7, 11) is 1.84. The fourth-order valence-corrected chi connectivity index (χ4v) is 2.77. The molecule has 0 amide bonds. The zero-order valence-electron chi connectivity index (χ0n) is 15.9. The minimum atomic E-state index is -4.53. The molecule has 2 heterocycles. The molecule has 2 N–H and O–H groups in total. The van der Waals surface area contributed by atoms with Gasteiger partial charge in [0.15, 0.2) is 0 Å². The number of hydrogen-bond donors (Lipinski definition) is 2. The highest BCUT2D eigenvalue weighted by molar-refractivity contribution is 5.71. The van der Waals surface area contributed by atoms with Gasteiger partial charge in [0.05, 0.1) is 6.61 Å². The minimum absolute atomic E-state index is 0.0322. The van der Waals surface area contributed by atoms with E-state index in [1.54, 1.807) is 18.3 Å². The SMILES string of the molecule is Cc1cc(Nc2nccc(C(F)(F)F)n2)cc(-c2ccc(N(C)CCO)nc2)c1. The monoisotopic (exact) mass is 403 g/mol. The molecule has 29 heavy (non-hydrogen) atoms. The molecular formula is C20H20F3N5O. The van der Waals surface area contributed by atoms with Gasteiger partial charge in [0.2, 0.25) is 5.95 Å². The topological polar surface area (TPSA) is 74.2 Å². The van der Waals surface area contributed by atoms with E-state index in [4.69, 9.17) is 5.11 Å². The van der Waals surface area contributed by atoms with Crippen molar-refractivity contribution in [1.29, 1.82) is 0 Å². The summed E-state index contributed by atoms with van der Waals surface area (Å²) in [6, 6.07) is 10.1. The van der Waals surface area contributed by atoms with E-state index >= 15 is 0 Å². The molecule has 3 rings (SSSR count). The van der Waals surface area contributed by atoms with Gasteiger partial charge in [-0.3, -0.25) is 0 Å². The number of aliphatic hydroxyl groups excluding tert-OH is 1. The highest BCUT2D eigenvalue weighted by Crippen LogP contribution is 2.29. The summed E-state index contributed by atoms with van der Waals surface area (Å²) < 4.78 is 38.6. The van der Waals surface area contributed by atoms with Gasteiger partial charge in [-0.05, 0) is 48.4 Å². The lowest BCUT2D eigenvalue weighted by molar-refractivity contribution is -0.141. The Balaban J connectivity index is 1.85. The summed E-state index contributed by atoms with van der Waals surface area (Å²) in [5.74, 6) is 0.599. The summed E-state index contributed by atoms with van der Waals surface area (Å²) in [5.41, 5.74) is 2.18. The number of hydrogen-bond acceptors (Lipinski definition) is 6. The van der Waals surface area contributed by atoms with Gasteiger partial charge in [-0.15, -0.1) is 0 Å². The Labute approximate surface area is 166 Å². The lowest BCUT2D eigenvalue weighted by Gasteiger charge is -2.17. The van der Waals surface area contributed by atoms with Gasteiger partial charge in [0.25, 0.3) is 0 Å². The lowest BCUT2D eigenvalue weighted by Crippen LogP contribution is -2.21. The zero-order valence-corrected chi connectivity index (χ0v) is 15.9. The maximum atomic E-state index is 12.9. The fraction of sp³-hybridized carbons (Fsp3) is 0.250. The quantitative estimate of drug-likeness (QED) is 0.647. The number of aryl methyl sites for hydroxylation is 1. The predicted molar refractivity (Wildman–Crippen MR) is 105 cm³/mol. The molecular weight excluding hydrogens is 383 g/mol. The number of aliphatic hydroxyl groups is 1. The molecule has 0 saturated carbocycles. The number of alkyl halides is 3. The molecule has 1 aromatic carbocycles. The van der Waals surface area contributed by atoms with Crippen molar-refractivity contribution >= 4 is 17.5 Å². The number of anilines is 3. The van der Waals surface area contributed by atoms with Crippen LogP contribution in [0.2, 0.25) is 0 Å². The maximum absolute atomic E-state index is 12.9. The van der Waals surface area contributed by atoms with Gasteiger partial charge in [0.1, 0.15) is 11.5 Å². The highest BCUT2D eigenvalue weighted by atomic mass is 19.4. The van der Waals surface area contributed by atoms with Crippen LogP contribution in [0.3, 0.4) is 0 Å². The Morgan fingerprint density at radius 2 is 1.86 bits per heavy atom. The maximum Gasteiger partial charge on any atom is 0.433 e. The molecule has 0 atom stereocenters. The molecule has 2 aromatic heterocycles. The molecule has 3 aromatic rings. The first-order chi connectivity index (χ1) is 13.8. The Morgan fingerprint density at radius 1 is 1.07 bits per heavy atom. The number of nitrogens with one attached hydrogen (secondary N) is 1. The van der Waals surface area contributed by atoms with Crippen molar-refractivity contribution in [3.05, 3.63) is 60.0 Å². The van der Waals surface area contributed by atoms with Crippen LogP contribution in [0.1, 0.15) is 11.3 Å². The number of aromatic nitrogens is 3. The number of pyridine rings is 1. The molecule has 0 saturated heterocycles. The van der Waals surface area contributed by atoms with E-state index in [-0.39, 0.29) is 12.6 Å². The lowest BCUT2D eigenvalue weighted by atomic mass is 10.0. The van der Waals surface area contributed by atoms with E-state index < -0.39 is 11.9 Å². The molecule has 6 nitrogen and oxygen atoms in total. The van der Waals surface area contributed by atoms with Crippen LogP contribution in [0.15, 0.2) is 48.8 Å². The summed E-state index contributed by atoms with van der Waals surface area (Å²) in [6.07, 6.45) is -1.75. The molecule has 0 bridgehead atoms. The van der Waals surface area contributed by atoms with Gasteiger partial charge in [0, 0.05) is 37.2 Å². The van der Waals surface area contributed by atoms with Gasteiger partial charge in [-0.1, -0.05) is 6.07 Å². The third-order valence-electron chi connectivity index (χ3n) is 4.19. The molecule has 0 unspecified atom stereocenters. The molecule has 0 aliphatic rings. The fourth-order valence-electron chi connectivity index (χ4n) is 2.77. The smallest absolute Gasteiger partial charge is 0.395 e. The van der Waals surface area contributed by atoms with Crippen LogP contribution in [0.25, 0.3) is 11.1 Å². The third kappa shape index (κ3) is 5.20. The predicted octanol–water partition coefficient (Wildman–Crippen LogP) is 4.04. The first kappa shape index (κ1) is 20.5. The van der Waals surface area contributed by atoms with Gasteiger partial charge in [-0.2, -0.15) is 13.2 Å². The van der Waals surface area contributed by atoms with Crippen molar-refractivity contribution in [3.63, 3.8) is 0 Å². The van der Waals surface area contributed by atoms with E-state index in [0.29, 0.717) is 12.2 Å². The largest absolute Gasteiger partial charge is 0.433 e. The zero-order chi connectivity index (χ0) is 21.0. The summed E-state index contributed by atoms with van der Waals surface area (Å²) >= 11 is 0. The third-order valence-corrected chi connectivity index (χ3v) is 4.19. The van der Waals surface area contributed by atoms with Crippen LogP contribution in [0.5, 0.6) is 0 Å². The molecule has 9 heteroatoms. The van der Waals surface area contributed by atoms with Crippen LogP contribution in [0.4, 0.5) is 30.6 Å². The van der Waals surface area contributed by atoms with E-state index in [0.717, 1.165) is 34.8 Å². The number of rotatable bonds is 6. The van der Waals surface area contributed by atoms with Crippen molar-refractivity contribution in [2.45, 2.75) is 13.1 Å². The highest BCUT2D eigenvalue weighted by Gasteiger charge is 2.32. The van der Waals surface area contributed by atoms with Crippen LogP contribution in [-0.4, -0.2) is 40.3 Å². The van der Waals surface area contributed by atoms with Crippen LogP contribution >= 0.6 is 0 Å². The number of halogens is 3. The number of likely N-dealkylation sites (N-methyl/N-ethyl adjacent to an activating group) is 1. The molecule has 0 aliphatic carbocycles. The van der Waals surface area contributed by atoms with Crippen molar-refractivity contribution in [1.82, 2.24) is 15.0 Å². The van der Waals surface area contributed by atoms with E-state index in [2.05, 4.69) is 20.3 Å². The molecule has 0 fully saturated rings. The average molecular weight is 403 g/mol. The Bertz CT molecular complexity index is 977. The van der Waals surface area contributed by atoms with E-state index in [1.165, 1.54) is 0 Å². The molecule has 0 radical (unpaired) electrons. The van der Waals surface area contributed by atoms with Crippen molar-refractivity contribution in [2.24, 2.45) is 0 Å². The normalized spacial score (nSPS) is 11.4. The summed E-state index contributed by atoms with van der Waals surface area (Å²) in [4.78, 5) is 13.6. The molecule has 152 valence electrons. The number of nitrogens with zero attached hydrogens (tertiary/aromatic N) is 4. The van der Waals surface area contributed by atoms with Crippen LogP contribution in [0, 0.1) is 6.92 Å². The van der Waals surface area contributed by atoms with Gasteiger partial charge in [-0.25, -0.2) is 15.0 Å². The Kier molecular flexibility index (Phi) is 5.97. The van der Waals surface area contributed by atoms with Crippen molar-refractivity contribution < 1.29 is 18.3 Å². The van der Waals surface area contributed by atoms with Gasteiger partial charge < -0.3 is 15.3 Å². The first-order valence-electron chi connectivity index (χ1n) is 8.83. The standard InChI is InChI=1S/C20H20F3N5O/c1-13-9-15(14-3-4-18(25-12-14)28(2)7-8-29)11-16(10-13)26-19-24-6-5-17(27-19)20(21,22)23/h3-6,9-12,29H,7-8H2,1-2H3,(H,24,26,27). The Hall–Kier alpha value is -3.20. The first-order valence-corrected chi connectivity index (χ1v) is 8.83. The minimum Gasteiger partial charge on any atom is -0.395 e. The summed E-state index contributed by atoms with van der Waals surface area (Å²) in [5, 5.41) is 11.9. The van der Waals surface area contributed by atoms with Crippen molar-refractivity contribution in [2.75, 3.05) is 30.4 Å². The van der Waals surface area contributed by atoms with Crippen LogP contribution in [-0.2, 0) is 6.18 Å². The van der Waals surface area contributed by atoms with E-state index in [9.17, 15) is 13.2 Å². The van der Waals surface area contributed by atoms with Crippen molar-refractivity contribution in [3.8, 4) is 11.1 Å². The summed E-state index contributed by atoms with van der Waals surface area (Å²) in [6.45, 7) is 2.39. The second-order valence-electron chi connectivity index (χ2n) is 6.53. The second-order valence-corrected chi connectivity index (χ2v) is 6.53. The number of benzene rings is 1.